The van der Waals surface area contributed by atoms with Gasteiger partial charge in [-0.25, -0.2) is 4.79 Å². The Kier molecular flexibility index (Phi) is 7.68. The summed E-state index contributed by atoms with van der Waals surface area (Å²) < 4.78 is 21.2. The Morgan fingerprint density at radius 1 is 1.00 bits per heavy atom. The van der Waals surface area contributed by atoms with Crippen LogP contribution in [0.4, 0.5) is 0 Å². The molecular weight excluding hydrogens is 362 g/mol. The molecule has 2 aromatic rings. The molecule has 0 saturated heterocycles. The maximum Gasteiger partial charge on any atom is 0.339 e. The summed E-state index contributed by atoms with van der Waals surface area (Å²) in [5, 5.41) is 2.74. The number of amides is 1. The Morgan fingerprint density at radius 3 is 2.39 bits per heavy atom. The van der Waals surface area contributed by atoms with Crippen LogP contribution in [0, 0.1) is 0 Å². The van der Waals surface area contributed by atoms with Crippen LogP contribution in [-0.4, -0.2) is 38.8 Å². The van der Waals surface area contributed by atoms with Crippen LogP contribution in [0.2, 0.25) is 0 Å². The molecule has 0 bridgehead atoms. The molecule has 0 fully saturated rings. The Labute approximate surface area is 164 Å². The van der Waals surface area contributed by atoms with E-state index in [4.69, 9.17) is 18.9 Å². The summed E-state index contributed by atoms with van der Waals surface area (Å²) in [7, 11) is 3.08. The highest BCUT2D eigenvalue weighted by molar-refractivity contribution is 5.92. The Morgan fingerprint density at radius 2 is 1.71 bits per heavy atom. The highest BCUT2D eigenvalue weighted by Crippen LogP contribution is 2.28. The summed E-state index contributed by atoms with van der Waals surface area (Å²) in [5.74, 6) is 0.601. The van der Waals surface area contributed by atoms with Gasteiger partial charge in [0.1, 0.15) is 5.75 Å². The molecule has 150 valence electrons. The molecule has 0 aliphatic heterocycles. The summed E-state index contributed by atoms with van der Waals surface area (Å²) in [4.78, 5) is 24.7. The third kappa shape index (κ3) is 5.39. The molecule has 0 radical (unpaired) electrons. The monoisotopic (exact) mass is 387 g/mol. The standard InChI is InChI=1S/C21H25NO6/c1-5-27-19-12-15(10-11-18(19)26-4)21(24)28-14(2)20(23)22-13-16-8-6-7-9-17(16)25-3/h6-12,14H,5,13H2,1-4H3,(H,22,23)/t14-/m1/s1. The summed E-state index contributed by atoms with van der Waals surface area (Å²) >= 11 is 0. The lowest BCUT2D eigenvalue weighted by molar-refractivity contribution is -0.129. The zero-order valence-corrected chi connectivity index (χ0v) is 16.5. The Hall–Kier alpha value is -3.22. The van der Waals surface area contributed by atoms with Gasteiger partial charge < -0.3 is 24.3 Å². The molecule has 1 N–H and O–H groups in total. The number of methoxy groups -OCH3 is 2. The topological polar surface area (TPSA) is 83.1 Å². The summed E-state index contributed by atoms with van der Waals surface area (Å²) in [6, 6.07) is 12.1. The van der Waals surface area contributed by atoms with E-state index in [1.807, 2.05) is 31.2 Å². The van der Waals surface area contributed by atoms with E-state index in [1.54, 1.807) is 19.2 Å². The van der Waals surface area contributed by atoms with Crippen molar-refractivity contribution in [1.82, 2.24) is 5.32 Å². The largest absolute Gasteiger partial charge is 0.496 e. The zero-order valence-electron chi connectivity index (χ0n) is 16.5. The second kappa shape index (κ2) is 10.2. The first-order valence-electron chi connectivity index (χ1n) is 8.91. The molecule has 2 rings (SSSR count). The fourth-order valence-corrected chi connectivity index (χ4v) is 2.53. The molecule has 0 saturated carbocycles. The van der Waals surface area contributed by atoms with Gasteiger partial charge in [0.25, 0.3) is 5.91 Å². The van der Waals surface area contributed by atoms with Crippen molar-refractivity contribution in [3.63, 3.8) is 0 Å². The van der Waals surface area contributed by atoms with Crippen LogP contribution >= 0.6 is 0 Å². The fourth-order valence-electron chi connectivity index (χ4n) is 2.53. The van der Waals surface area contributed by atoms with E-state index in [1.165, 1.54) is 20.1 Å². The quantitative estimate of drug-likeness (QED) is 0.666. The van der Waals surface area contributed by atoms with Crippen LogP contribution in [0.15, 0.2) is 42.5 Å². The minimum atomic E-state index is -0.958. The number of rotatable bonds is 9. The summed E-state index contributed by atoms with van der Waals surface area (Å²) in [5.41, 5.74) is 1.10. The second-order valence-corrected chi connectivity index (χ2v) is 5.88. The number of nitrogens with one attached hydrogen (secondary N) is 1. The highest BCUT2D eigenvalue weighted by Gasteiger charge is 2.20. The Balaban J connectivity index is 1.97. The first kappa shape index (κ1) is 21.1. The molecule has 0 aromatic heterocycles. The number of carbonyl (C=O) groups is 2. The van der Waals surface area contributed by atoms with Gasteiger partial charge in [-0.1, -0.05) is 18.2 Å². The van der Waals surface area contributed by atoms with Crippen molar-refractivity contribution >= 4 is 11.9 Å². The average Bonchev–Trinajstić information content (AvgIpc) is 2.72. The predicted molar refractivity (Wildman–Crippen MR) is 104 cm³/mol. The molecule has 2 aromatic carbocycles. The molecule has 0 aliphatic rings. The molecule has 0 aliphatic carbocycles. The number of para-hydroxylation sites is 1. The number of hydrogen-bond acceptors (Lipinski definition) is 6. The van der Waals surface area contributed by atoms with Crippen LogP contribution in [0.3, 0.4) is 0 Å². The van der Waals surface area contributed by atoms with Gasteiger partial charge >= 0.3 is 5.97 Å². The molecule has 0 heterocycles. The minimum Gasteiger partial charge on any atom is -0.496 e. The SMILES string of the molecule is CCOc1cc(C(=O)O[C@H](C)C(=O)NCc2ccccc2OC)ccc1OC. The molecule has 7 nitrogen and oxygen atoms in total. The van der Waals surface area contributed by atoms with Crippen LogP contribution in [0.25, 0.3) is 0 Å². The second-order valence-electron chi connectivity index (χ2n) is 5.88. The summed E-state index contributed by atoms with van der Waals surface area (Å²) in [6.45, 7) is 4.04. The lowest BCUT2D eigenvalue weighted by Gasteiger charge is -2.15. The van der Waals surface area contributed by atoms with Gasteiger partial charge in [0.05, 0.1) is 26.4 Å². The van der Waals surface area contributed by atoms with E-state index in [0.717, 1.165) is 5.56 Å². The van der Waals surface area contributed by atoms with E-state index >= 15 is 0 Å². The van der Waals surface area contributed by atoms with Gasteiger partial charge in [0, 0.05) is 12.1 Å². The van der Waals surface area contributed by atoms with Crippen molar-refractivity contribution in [1.29, 1.82) is 0 Å². The number of hydrogen-bond donors (Lipinski definition) is 1. The zero-order chi connectivity index (χ0) is 20.5. The van der Waals surface area contributed by atoms with Crippen molar-refractivity contribution in [2.45, 2.75) is 26.5 Å². The van der Waals surface area contributed by atoms with Gasteiger partial charge in [-0.05, 0) is 38.1 Å². The van der Waals surface area contributed by atoms with Crippen molar-refractivity contribution in [2.24, 2.45) is 0 Å². The van der Waals surface area contributed by atoms with Gasteiger partial charge in [-0.15, -0.1) is 0 Å². The third-order valence-corrected chi connectivity index (χ3v) is 4.00. The van der Waals surface area contributed by atoms with E-state index in [2.05, 4.69) is 5.32 Å². The van der Waals surface area contributed by atoms with Crippen molar-refractivity contribution in [3.05, 3.63) is 53.6 Å². The maximum absolute atomic E-state index is 12.4. The molecule has 0 spiro atoms. The molecule has 28 heavy (non-hydrogen) atoms. The predicted octanol–water partition coefficient (Wildman–Crippen LogP) is 2.96. The van der Waals surface area contributed by atoms with Crippen LogP contribution < -0.4 is 19.5 Å². The molecular formula is C21H25NO6. The molecule has 0 unspecified atom stereocenters. The lowest BCUT2D eigenvalue weighted by Crippen LogP contribution is -2.35. The number of carbonyl (C=O) groups excluding carboxylic acids is 2. The third-order valence-electron chi connectivity index (χ3n) is 4.00. The van der Waals surface area contributed by atoms with Crippen LogP contribution in [-0.2, 0) is 16.1 Å². The van der Waals surface area contributed by atoms with Crippen molar-refractivity contribution in [2.75, 3.05) is 20.8 Å². The van der Waals surface area contributed by atoms with Crippen LogP contribution in [0.1, 0.15) is 29.8 Å². The highest BCUT2D eigenvalue weighted by atomic mass is 16.5. The molecule has 1 atom stereocenters. The maximum atomic E-state index is 12.4. The van der Waals surface area contributed by atoms with Gasteiger partial charge in [-0.2, -0.15) is 0 Å². The van der Waals surface area contributed by atoms with Crippen molar-refractivity contribution < 1.29 is 28.5 Å². The number of esters is 1. The van der Waals surface area contributed by atoms with Gasteiger partial charge in [-0.3, -0.25) is 4.79 Å². The number of ether oxygens (including phenoxy) is 4. The van der Waals surface area contributed by atoms with Crippen LogP contribution in [0.5, 0.6) is 17.2 Å². The summed E-state index contributed by atoms with van der Waals surface area (Å²) in [6.07, 6.45) is -0.958. The van der Waals surface area contributed by atoms with E-state index in [-0.39, 0.29) is 12.1 Å². The first-order valence-corrected chi connectivity index (χ1v) is 8.91. The fraction of sp³-hybridized carbons (Fsp3) is 0.333. The van der Waals surface area contributed by atoms with E-state index in [0.29, 0.717) is 23.9 Å². The van der Waals surface area contributed by atoms with Gasteiger partial charge in [0.2, 0.25) is 0 Å². The number of benzene rings is 2. The lowest BCUT2D eigenvalue weighted by atomic mass is 10.2. The average molecular weight is 387 g/mol. The normalized spacial score (nSPS) is 11.3. The Bertz CT molecular complexity index is 820. The molecule has 1 amide bonds. The van der Waals surface area contributed by atoms with E-state index < -0.39 is 18.0 Å². The first-order chi connectivity index (χ1) is 13.5. The van der Waals surface area contributed by atoms with Crippen molar-refractivity contribution in [3.8, 4) is 17.2 Å². The molecule has 7 heteroatoms. The minimum absolute atomic E-state index is 0.266. The van der Waals surface area contributed by atoms with E-state index in [9.17, 15) is 9.59 Å². The smallest absolute Gasteiger partial charge is 0.339 e. The van der Waals surface area contributed by atoms with Gasteiger partial charge in [0.15, 0.2) is 17.6 Å².